The Morgan fingerprint density at radius 3 is 2.89 bits per heavy atom. The topological polar surface area (TPSA) is 41.1 Å². The van der Waals surface area contributed by atoms with Gasteiger partial charge in [-0.1, -0.05) is 24.6 Å². The summed E-state index contributed by atoms with van der Waals surface area (Å²) in [6.07, 6.45) is 1.28. The van der Waals surface area contributed by atoms with E-state index in [1.807, 2.05) is 19.1 Å². The van der Waals surface area contributed by atoms with Crippen LogP contribution in [-0.2, 0) is 4.79 Å². The fraction of sp³-hybridized carbons (Fsp3) is 0.500. The van der Waals surface area contributed by atoms with Gasteiger partial charge in [0.15, 0.2) is 0 Å². The van der Waals surface area contributed by atoms with Gasteiger partial charge < -0.3 is 10.6 Å². The highest BCUT2D eigenvalue weighted by Crippen LogP contribution is 2.36. The number of rotatable bonds is 5. The van der Waals surface area contributed by atoms with E-state index in [0.29, 0.717) is 11.6 Å². The van der Waals surface area contributed by atoms with Crippen LogP contribution in [0.4, 0.5) is 5.69 Å². The molecule has 2 unspecified atom stereocenters. The van der Waals surface area contributed by atoms with Crippen LogP contribution < -0.4 is 10.6 Å². The van der Waals surface area contributed by atoms with Crippen molar-refractivity contribution in [3.05, 3.63) is 28.8 Å². The van der Waals surface area contributed by atoms with E-state index in [9.17, 15) is 4.79 Å². The molecular weight excluding hydrogens is 248 g/mol. The molecule has 0 aromatic heterocycles. The molecule has 1 fully saturated rings. The zero-order valence-corrected chi connectivity index (χ0v) is 11.6. The molecule has 1 amide bonds. The molecule has 2 rings (SSSR count). The third-order valence-electron chi connectivity index (χ3n) is 3.44. The smallest absolute Gasteiger partial charge is 0.238 e. The average Bonchev–Trinajstić information content (AvgIpc) is 3.00. The molecule has 0 spiro atoms. The minimum atomic E-state index is -0.0198. The number of benzene rings is 1. The van der Waals surface area contributed by atoms with Gasteiger partial charge in [-0.2, -0.15) is 0 Å². The number of anilines is 1. The Kier molecular flexibility index (Phi) is 4.25. The maximum Gasteiger partial charge on any atom is 0.238 e. The van der Waals surface area contributed by atoms with Gasteiger partial charge in [-0.25, -0.2) is 0 Å². The van der Waals surface area contributed by atoms with E-state index >= 15 is 0 Å². The number of hydrogen-bond acceptors (Lipinski definition) is 2. The first-order chi connectivity index (χ1) is 8.56. The van der Waals surface area contributed by atoms with Crippen LogP contribution in [-0.4, -0.2) is 19.0 Å². The van der Waals surface area contributed by atoms with Crippen molar-refractivity contribution in [2.45, 2.75) is 20.3 Å². The number of halogens is 1. The first-order valence-electron chi connectivity index (χ1n) is 6.33. The number of carbonyl (C=O) groups is 1. The standard InChI is InChI=1S/C14H19ClN2O/c1-9-3-4-12(15)6-13(9)17-14(18)8-16-7-11-5-10(11)2/h3-4,6,10-11,16H,5,7-8H2,1-2H3,(H,17,18). The molecule has 1 aliphatic rings. The average molecular weight is 267 g/mol. The molecule has 2 N–H and O–H groups in total. The van der Waals surface area contributed by atoms with E-state index in [0.717, 1.165) is 29.6 Å². The maximum atomic E-state index is 11.7. The summed E-state index contributed by atoms with van der Waals surface area (Å²) < 4.78 is 0. The zero-order valence-electron chi connectivity index (χ0n) is 10.8. The number of carbonyl (C=O) groups excluding carboxylic acids is 1. The first kappa shape index (κ1) is 13.4. The monoisotopic (exact) mass is 266 g/mol. The van der Waals surface area contributed by atoms with Gasteiger partial charge in [0.05, 0.1) is 6.54 Å². The van der Waals surface area contributed by atoms with Gasteiger partial charge in [0, 0.05) is 10.7 Å². The maximum absolute atomic E-state index is 11.7. The Morgan fingerprint density at radius 1 is 1.50 bits per heavy atom. The molecule has 1 aliphatic carbocycles. The van der Waals surface area contributed by atoms with Crippen molar-refractivity contribution in [1.82, 2.24) is 5.32 Å². The van der Waals surface area contributed by atoms with Crippen molar-refractivity contribution in [3.8, 4) is 0 Å². The highest BCUT2D eigenvalue weighted by molar-refractivity contribution is 6.31. The molecule has 18 heavy (non-hydrogen) atoms. The lowest BCUT2D eigenvalue weighted by atomic mass is 10.2. The van der Waals surface area contributed by atoms with Crippen LogP contribution in [0.15, 0.2) is 18.2 Å². The van der Waals surface area contributed by atoms with Gasteiger partial charge in [-0.05, 0) is 49.4 Å². The summed E-state index contributed by atoms with van der Waals surface area (Å²) in [5.74, 6) is 1.55. The zero-order chi connectivity index (χ0) is 13.1. The predicted octanol–water partition coefficient (Wildman–Crippen LogP) is 2.83. The third kappa shape index (κ3) is 3.72. The van der Waals surface area contributed by atoms with Crippen molar-refractivity contribution in [1.29, 1.82) is 0 Å². The molecule has 1 aromatic carbocycles. The molecule has 98 valence electrons. The van der Waals surface area contributed by atoms with Gasteiger partial charge in [-0.15, -0.1) is 0 Å². The molecule has 2 atom stereocenters. The van der Waals surface area contributed by atoms with Crippen LogP contribution in [0.25, 0.3) is 0 Å². The van der Waals surface area contributed by atoms with Crippen molar-refractivity contribution < 1.29 is 4.79 Å². The van der Waals surface area contributed by atoms with Crippen LogP contribution in [0, 0.1) is 18.8 Å². The fourth-order valence-electron chi connectivity index (χ4n) is 1.98. The highest BCUT2D eigenvalue weighted by Gasteiger charge is 2.31. The van der Waals surface area contributed by atoms with E-state index in [1.54, 1.807) is 6.07 Å². The second kappa shape index (κ2) is 5.72. The second-order valence-electron chi connectivity index (χ2n) is 5.11. The van der Waals surface area contributed by atoms with E-state index < -0.39 is 0 Å². The molecule has 0 radical (unpaired) electrons. The second-order valence-corrected chi connectivity index (χ2v) is 5.55. The lowest BCUT2D eigenvalue weighted by Crippen LogP contribution is -2.29. The van der Waals surface area contributed by atoms with Crippen LogP contribution in [0.1, 0.15) is 18.9 Å². The Bertz CT molecular complexity index is 447. The number of nitrogens with one attached hydrogen (secondary N) is 2. The summed E-state index contributed by atoms with van der Waals surface area (Å²) in [6, 6.07) is 5.49. The number of aryl methyl sites for hydroxylation is 1. The van der Waals surface area contributed by atoms with Gasteiger partial charge in [0.2, 0.25) is 5.91 Å². The predicted molar refractivity (Wildman–Crippen MR) is 75.0 cm³/mol. The summed E-state index contributed by atoms with van der Waals surface area (Å²) in [7, 11) is 0. The Balaban J connectivity index is 1.77. The van der Waals surface area contributed by atoms with Crippen LogP contribution in [0.2, 0.25) is 5.02 Å². The molecule has 0 aliphatic heterocycles. The lowest BCUT2D eigenvalue weighted by molar-refractivity contribution is -0.115. The summed E-state index contributed by atoms with van der Waals surface area (Å²) in [4.78, 5) is 11.7. The Labute approximate surface area is 113 Å². The summed E-state index contributed by atoms with van der Waals surface area (Å²) in [5.41, 5.74) is 1.80. The van der Waals surface area contributed by atoms with Crippen molar-refractivity contribution in [2.75, 3.05) is 18.4 Å². The molecule has 3 nitrogen and oxygen atoms in total. The van der Waals surface area contributed by atoms with Crippen molar-refractivity contribution in [3.63, 3.8) is 0 Å². The number of hydrogen-bond donors (Lipinski definition) is 2. The van der Waals surface area contributed by atoms with Gasteiger partial charge in [0.1, 0.15) is 0 Å². The minimum absolute atomic E-state index is 0.0198. The first-order valence-corrected chi connectivity index (χ1v) is 6.71. The molecular formula is C14H19ClN2O. The van der Waals surface area contributed by atoms with E-state index in [4.69, 9.17) is 11.6 Å². The summed E-state index contributed by atoms with van der Waals surface area (Å²) in [5, 5.41) is 6.69. The van der Waals surface area contributed by atoms with Gasteiger partial charge in [-0.3, -0.25) is 4.79 Å². The summed E-state index contributed by atoms with van der Waals surface area (Å²) >= 11 is 5.90. The molecule has 0 bridgehead atoms. The van der Waals surface area contributed by atoms with Crippen LogP contribution >= 0.6 is 11.6 Å². The van der Waals surface area contributed by atoms with Gasteiger partial charge >= 0.3 is 0 Å². The van der Waals surface area contributed by atoms with Crippen molar-refractivity contribution in [2.24, 2.45) is 11.8 Å². The number of amides is 1. The van der Waals surface area contributed by atoms with E-state index in [2.05, 4.69) is 17.6 Å². The quantitative estimate of drug-likeness (QED) is 0.861. The molecule has 0 heterocycles. The molecule has 1 saturated carbocycles. The Morgan fingerprint density at radius 2 is 2.22 bits per heavy atom. The minimum Gasteiger partial charge on any atom is -0.325 e. The lowest BCUT2D eigenvalue weighted by Gasteiger charge is -2.09. The Hall–Kier alpha value is -1.06. The van der Waals surface area contributed by atoms with Crippen LogP contribution in [0.5, 0.6) is 0 Å². The van der Waals surface area contributed by atoms with Crippen LogP contribution in [0.3, 0.4) is 0 Å². The fourth-order valence-corrected chi connectivity index (χ4v) is 2.15. The SMILES string of the molecule is Cc1ccc(Cl)cc1NC(=O)CNCC1CC1C. The van der Waals surface area contributed by atoms with Crippen molar-refractivity contribution >= 4 is 23.2 Å². The highest BCUT2D eigenvalue weighted by atomic mass is 35.5. The molecule has 0 saturated heterocycles. The summed E-state index contributed by atoms with van der Waals surface area (Å²) in [6.45, 7) is 5.48. The molecule has 4 heteroatoms. The van der Waals surface area contributed by atoms with Gasteiger partial charge in [0.25, 0.3) is 0 Å². The normalized spacial score (nSPS) is 21.7. The van der Waals surface area contributed by atoms with E-state index in [1.165, 1.54) is 6.42 Å². The third-order valence-corrected chi connectivity index (χ3v) is 3.68. The van der Waals surface area contributed by atoms with E-state index in [-0.39, 0.29) is 5.91 Å². The molecule has 1 aromatic rings. The largest absolute Gasteiger partial charge is 0.325 e.